The van der Waals surface area contributed by atoms with Gasteiger partial charge in [0.2, 0.25) is 0 Å². The largest absolute Gasteiger partial charge is 0.383 e. The molecule has 0 aromatic carbocycles. The number of carbonyl (C=O) groups is 1. The highest BCUT2D eigenvalue weighted by atomic mass is 16.2. The van der Waals surface area contributed by atoms with E-state index < -0.39 is 0 Å². The molecule has 6 nitrogen and oxygen atoms in total. The first kappa shape index (κ1) is 12.5. The van der Waals surface area contributed by atoms with Gasteiger partial charge in [-0.2, -0.15) is 5.10 Å². The lowest BCUT2D eigenvalue weighted by Gasteiger charge is -2.25. The van der Waals surface area contributed by atoms with E-state index in [2.05, 4.69) is 10.00 Å². The second kappa shape index (κ2) is 4.85. The molecule has 2 aliphatic heterocycles. The smallest absolute Gasteiger partial charge is 0.259 e. The standard InChI is InChI=1S/C13H21N5O/c1-16-12(14)11(8-15-16)13(19)18-7-3-6-17-5-2-4-10(17)9-18/h8,10H,2-7,9,14H2,1H3. The summed E-state index contributed by atoms with van der Waals surface area (Å²) >= 11 is 0. The number of nitrogens with zero attached hydrogens (tertiary/aromatic N) is 4. The summed E-state index contributed by atoms with van der Waals surface area (Å²) in [5.74, 6) is 0.483. The summed E-state index contributed by atoms with van der Waals surface area (Å²) in [4.78, 5) is 17.0. The molecule has 2 saturated heterocycles. The molecule has 6 heteroatoms. The minimum atomic E-state index is 0.0272. The van der Waals surface area contributed by atoms with E-state index >= 15 is 0 Å². The van der Waals surface area contributed by atoms with Gasteiger partial charge >= 0.3 is 0 Å². The molecule has 1 aromatic heterocycles. The molecule has 0 aliphatic carbocycles. The average molecular weight is 263 g/mol. The second-order valence-electron chi connectivity index (χ2n) is 5.50. The number of amides is 1. The Labute approximate surface area is 113 Å². The van der Waals surface area contributed by atoms with Gasteiger partial charge in [-0.05, 0) is 25.8 Å². The molecule has 1 aromatic rings. The van der Waals surface area contributed by atoms with Crippen molar-refractivity contribution in [2.24, 2.45) is 7.05 Å². The number of aryl methyl sites for hydroxylation is 1. The highest BCUT2D eigenvalue weighted by Crippen LogP contribution is 2.23. The number of nitrogen functional groups attached to an aromatic ring is 1. The van der Waals surface area contributed by atoms with Crippen LogP contribution >= 0.6 is 0 Å². The Morgan fingerprint density at radius 2 is 2.16 bits per heavy atom. The summed E-state index contributed by atoms with van der Waals surface area (Å²) in [5.41, 5.74) is 6.43. The van der Waals surface area contributed by atoms with Gasteiger partial charge in [0.15, 0.2) is 0 Å². The Balaban J connectivity index is 1.77. The Kier molecular flexibility index (Phi) is 3.18. The van der Waals surface area contributed by atoms with Crippen LogP contribution in [0.25, 0.3) is 0 Å². The van der Waals surface area contributed by atoms with Gasteiger partial charge in [0.05, 0.1) is 6.20 Å². The minimum absolute atomic E-state index is 0.0272. The summed E-state index contributed by atoms with van der Waals surface area (Å²) in [6, 6.07) is 0.532. The van der Waals surface area contributed by atoms with Crippen molar-refractivity contribution in [3.8, 4) is 0 Å². The van der Waals surface area contributed by atoms with Crippen LogP contribution in [0, 0.1) is 0 Å². The van der Waals surface area contributed by atoms with E-state index in [0.29, 0.717) is 17.4 Å². The van der Waals surface area contributed by atoms with E-state index in [1.165, 1.54) is 19.4 Å². The molecule has 1 atom stereocenters. The molecule has 104 valence electrons. The topological polar surface area (TPSA) is 67.4 Å². The molecular formula is C13H21N5O. The molecule has 3 rings (SSSR count). The van der Waals surface area contributed by atoms with Crippen molar-refractivity contribution in [1.29, 1.82) is 0 Å². The van der Waals surface area contributed by atoms with Gasteiger partial charge in [-0.25, -0.2) is 0 Å². The van der Waals surface area contributed by atoms with Crippen molar-refractivity contribution < 1.29 is 4.79 Å². The molecule has 0 radical (unpaired) electrons. The SMILES string of the molecule is Cn1ncc(C(=O)N2CCCN3CCCC3C2)c1N. The Bertz CT molecular complexity index is 483. The normalized spacial score (nSPS) is 24.3. The average Bonchev–Trinajstić information content (AvgIpc) is 2.91. The third-order valence-corrected chi connectivity index (χ3v) is 4.31. The first-order valence-electron chi connectivity index (χ1n) is 6.97. The van der Waals surface area contributed by atoms with Gasteiger partial charge in [-0.1, -0.05) is 0 Å². The van der Waals surface area contributed by atoms with Crippen LogP contribution in [0.3, 0.4) is 0 Å². The lowest BCUT2D eigenvalue weighted by molar-refractivity contribution is 0.0744. The van der Waals surface area contributed by atoms with Crippen LogP contribution in [-0.2, 0) is 7.05 Å². The van der Waals surface area contributed by atoms with Gasteiger partial charge in [0.1, 0.15) is 11.4 Å². The van der Waals surface area contributed by atoms with E-state index in [4.69, 9.17) is 5.73 Å². The van der Waals surface area contributed by atoms with Crippen molar-refractivity contribution in [3.05, 3.63) is 11.8 Å². The first-order chi connectivity index (χ1) is 9.16. The molecule has 2 N–H and O–H groups in total. The third-order valence-electron chi connectivity index (χ3n) is 4.31. The lowest BCUT2D eigenvalue weighted by atomic mass is 10.2. The zero-order chi connectivity index (χ0) is 13.4. The Hall–Kier alpha value is -1.56. The molecule has 1 unspecified atom stereocenters. The fourth-order valence-electron chi connectivity index (χ4n) is 3.17. The molecule has 2 fully saturated rings. The highest BCUT2D eigenvalue weighted by Gasteiger charge is 2.31. The molecule has 0 spiro atoms. The van der Waals surface area contributed by atoms with E-state index in [0.717, 1.165) is 26.1 Å². The van der Waals surface area contributed by atoms with E-state index in [-0.39, 0.29) is 5.91 Å². The quantitative estimate of drug-likeness (QED) is 0.792. The van der Waals surface area contributed by atoms with Crippen molar-refractivity contribution in [3.63, 3.8) is 0 Å². The second-order valence-corrected chi connectivity index (χ2v) is 5.50. The number of aromatic nitrogens is 2. The fourth-order valence-corrected chi connectivity index (χ4v) is 3.17. The summed E-state index contributed by atoms with van der Waals surface area (Å²) in [6.07, 6.45) is 5.07. The molecular weight excluding hydrogens is 242 g/mol. The zero-order valence-corrected chi connectivity index (χ0v) is 11.4. The van der Waals surface area contributed by atoms with Gasteiger partial charge in [0, 0.05) is 32.7 Å². The lowest BCUT2D eigenvalue weighted by Crippen LogP contribution is -2.39. The maximum Gasteiger partial charge on any atom is 0.259 e. The van der Waals surface area contributed by atoms with Crippen molar-refractivity contribution in [2.75, 3.05) is 31.9 Å². The number of hydrogen-bond acceptors (Lipinski definition) is 4. The van der Waals surface area contributed by atoms with Crippen molar-refractivity contribution in [2.45, 2.75) is 25.3 Å². The summed E-state index contributed by atoms with van der Waals surface area (Å²) in [5, 5.41) is 4.06. The minimum Gasteiger partial charge on any atom is -0.383 e. The van der Waals surface area contributed by atoms with Crippen LogP contribution in [0.5, 0.6) is 0 Å². The number of rotatable bonds is 1. The van der Waals surface area contributed by atoms with Crippen LogP contribution in [0.15, 0.2) is 6.20 Å². The zero-order valence-electron chi connectivity index (χ0n) is 11.4. The van der Waals surface area contributed by atoms with Crippen LogP contribution in [0.1, 0.15) is 29.6 Å². The monoisotopic (exact) mass is 263 g/mol. The molecule has 0 saturated carbocycles. The van der Waals surface area contributed by atoms with Gasteiger partial charge in [0.25, 0.3) is 5.91 Å². The van der Waals surface area contributed by atoms with E-state index in [9.17, 15) is 4.79 Å². The molecule has 1 amide bonds. The van der Waals surface area contributed by atoms with Crippen LogP contribution in [-0.4, -0.2) is 57.7 Å². The first-order valence-corrected chi connectivity index (χ1v) is 6.97. The number of anilines is 1. The molecule has 19 heavy (non-hydrogen) atoms. The van der Waals surface area contributed by atoms with E-state index in [1.54, 1.807) is 17.9 Å². The number of nitrogens with two attached hydrogens (primary N) is 1. The number of hydrogen-bond donors (Lipinski definition) is 1. The summed E-state index contributed by atoms with van der Waals surface area (Å²) in [6.45, 7) is 3.94. The highest BCUT2D eigenvalue weighted by molar-refractivity contribution is 5.98. The van der Waals surface area contributed by atoms with Gasteiger partial charge < -0.3 is 10.6 Å². The maximum absolute atomic E-state index is 12.5. The van der Waals surface area contributed by atoms with Crippen LogP contribution in [0.4, 0.5) is 5.82 Å². The third kappa shape index (κ3) is 2.20. The number of fused-ring (bicyclic) bond motifs is 1. The summed E-state index contributed by atoms with van der Waals surface area (Å²) < 4.78 is 1.55. The van der Waals surface area contributed by atoms with Crippen LogP contribution < -0.4 is 5.73 Å². The van der Waals surface area contributed by atoms with Crippen molar-refractivity contribution >= 4 is 11.7 Å². The Morgan fingerprint density at radius 3 is 2.89 bits per heavy atom. The maximum atomic E-state index is 12.5. The van der Waals surface area contributed by atoms with E-state index in [1.807, 2.05) is 4.90 Å². The molecule has 2 aliphatic rings. The number of carbonyl (C=O) groups excluding carboxylic acids is 1. The van der Waals surface area contributed by atoms with Crippen molar-refractivity contribution in [1.82, 2.24) is 19.6 Å². The predicted octanol–water partition coefficient (Wildman–Crippen LogP) is 0.313. The Morgan fingerprint density at radius 1 is 1.37 bits per heavy atom. The fraction of sp³-hybridized carbons (Fsp3) is 0.692. The van der Waals surface area contributed by atoms with Crippen LogP contribution in [0.2, 0.25) is 0 Å². The molecule has 0 bridgehead atoms. The molecule has 3 heterocycles. The predicted molar refractivity (Wildman–Crippen MR) is 72.7 cm³/mol. The van der Waals surface area contributed by atoms with Gasteiger partial charge in [-0.3, -0.25) is 14.4 Å². The summed E-state index contributed by atoms with van der Waals surface area (Å²) in [7, 11) is 1.76. The van der Waals surface area contributed by atoms with Gasteiger partial charge in [-0.15, -0.1) is 0 Å².